The molecule has 1 heterocycles. The zero-order valence-electron chi connectivity index (χ0n) is 19.6. The van der Waals surface area contributed by atoms with Gasteiger partial charge >= 0.3 is 0 Å². The van der Waals surface area contributed by atoms with E-state index in [-0.39, 0.29) is 18.2 Å². The number of para-hydroxylation sites is 2. The molecule has 6 nitrogen and oxygen atoms in total. The average molecular weight is 467 g/mol. The number of carbonyl (C=O) groups excluding carboxylic acids is 1. The summed E-state index contributed by atoms with van der Waals surface area (Å²) < 4.78 is 10.8. The van der Waals surface area contributed by atoms with Crippen molar-refractivity contribution in [2.45, 2.75) is 6.54 Å². The maximum atomic E-state index is 14.1. The second-order valence-corrected chi connectivity index (χ2v) is 7.74. The molecule has 6 heteroatoms. The van der Waals surface area contributed by atoms with Crippen molar-refractivity contribution < 1.29 is 19.4 Å². The highest BCUT2D eigenvalue weighted by atomic mass is 16.5. The van der Waals surface area contributed by atoms with Gasteiger partial charge in [0.15, 0.2) is 11.5 Å². The molecular weight excluding hydrogens is 440 g/mol. The molecule has 176 valence electrons. The number of pyridine rings is 1. The van der Waals surface area contributed by atoms with E-state index in [9.17, 15) is 9.90 Å². The fourth-order valence-electron chi connectivity index (χ4n) is 3.75. The Labute approximate surface area is 204 Å². The lowest BCUT2D eigenvalue weighted by Gasteiger charge is -2.25. The summed E-state index contributed by atoms with van der Waals surface area (Å²) in [6.07, 6.45) is 3.49. The Morgan fingerprint density at radius 3 is 2.29 bits per heavy atom. The number of amides is 1. The Hall–Kier alpha value is -4.58. The van der Waals surface area contributed by atoms with Crippen LogP contribution in [0.25, 0.3) is 11.6 Å². The molecule has 0 aliphatic heterocycles. The van der Waals surface area contributed by atoms with Gasteiger partial charge in [0.05, 0.1) is 32.1 Å². The highest BCUT2D eigenvalue weighted by Crippen LogP contribution is 2.33. The number of hydrogen-bond donors (Lipinski definition) is 1. The highest BCUT2D eigenvalue weighted by Gasteiger charge is 2.24. The number of anilines is 1. The number of rotatable bonds is 8. The predicted octanol–water partition coefficient (Wildman–Crippen LogP) is 5.58. The lowest BCUT2D eigenvalue weighted by atomic mass is 10.0. The summed E-state index contributed by atoms with van der Waals surface area (Å²) in [7, 11) is 3.15. The Balaban J connectivity index is 1.84. The third-order valence-electron chi connectivity index (χ3n) is 5.50. The highest BCUT2D eigenvalue weighted by molar-refractivity contribution is 6.30. The molecule has 1 amide bonds. The lowest BCUT2D eigenvalue weighted by molar-refractivity contribution is -0.113. The van der Waals surface area contributed by atoms with Crippen LogP contribution in [0.2, 0.25) is 0 Å². The number of nitrogens with zero attached hydrogens (tertiary/aromatic N) is 2. The third kappa shape index (κ3) is 5.50. The van der Waals surface area contributed by atoms with E-state index in [0.29, 0.717) is 28.5 Å². The quantitative estimate of drug-likeness (QED) is 0.271. The molecule has 0 saturated heterocycles. The minimum Gasteiger partial charge on any atom is -0.506 e. The normalized spacial score (nSPS) is 11.1. The first-order valence-corrected chi connectivity index (χ1v) is 11.1. The first-order valence-electron chi connectivity index (χ1n) is 11.1. The molecular formula is C29H26N2O4. The van der Waals surface area contributed by atoms with E-state index in [2.05, 4.69) is 4.98 Å². The van der Waals surface area contributed by atoms with Crippen molar-refractivity contribution in [2.24, 2.45) is 0 Å². The predicted molar refractivity (Wildman–Crippen MR) is 137 cm³/mol. The van der Waals surface area contributed by atoms with Crippen LogP contribution in [0, 0.1) is 0 Å². The van der Waals surface area contributed by atoms with Crippen molar-refractivity contribution in [1.29, 1.82) is 0 Å². The molecule has 4 aromatic rings. The molecule has 4 rings (SSSR count). The van der Waals surface area contributed by atoms with E-state index < -0.39 is 0 Å². The van der Waals surface area contributed by atoms with Crippen LogP contribution >= 0.6 is 0 Å². The van der Waals surface area contributed by atoms with Crippen LogP contribution in [0.1, 0.15) is 16.8 Å². The van der Waals surface area contributed by atoms with Crippen molar-refractivity contribution in [3.8, 4) is 17.2 Å². The van der Waals surface area contributed by atoms with Gasteiger partial charge in [-0.15, -0.1) is 0 Å². The van der Waals surface area contributed by atoms with Gasteiger partial charge < -0.3 is 14.6 Å². The monoisotopic (exact) mass is 466 g/mol. The number of methoxy groups -OCH3 is 2. The summed E-state index contributed by atoms with van der Waals surface area (Å²) in [5, 5.41) is 10.6. The number of carbonyl (C=O) groups is 1. The molecule has 0 radical (unpaired) electrons. The molecule has 1 aromatic heterocycles. The summed E-state index contributed by atoms with van der Waals surface area (Å²) in [6, 6.07) is 27.2. The summed E-state index contributed by atoms with van der Waals surface area (Å²) in [6.45, 7) is 0.188. The van der Waals surface area contributed by atoms with Crippen molar-refractivity contribution in [3.63, 3.8) is 0 Å². The fourth-order valence-corrected chi connectivity index (χ4v) is 3.75. The molecule has 0 aliphatic rings. The molecule has 0 aliphatic carbocycles. The second kappa shape index (κ2) is 11.0. The molecule has 0 spiro atoms. The third-order valence-corrected chi connectivity index (χ3v) is 5.50. The van der Waals surface area contributed by atoms with E-state index in [0.717, 1.165) is 11.1 Å². The van der Waals surface area contributed by atoms with Gasteiger partial charge in [0.2, 0.25) is 0 Å². The number of phenols is 1. The Kier molecular flexibility index (Phi) is 7.43. The molecule has 3 aromatic carbocycles. The minimum absolute atomic E-state index is 0.00955. The number of aromatic nitrogens is 1. The van der Waals surface area contributed by atoms with Gasteiger partial charge in [-0.1, -0.05) is 54.6 Å². The second-order valence-electron chi connectivity index (χ2n) is 7.74. The number of hydrogen-bond acceptors (Lipinski definition) is 5. The van der Waals surface area contributed by atoms with Crippen LogP contribution in [0.3, 0.4) is 0 Å². The zero-order valence-corrected chi connectivity index (χ0v) is 19.6. The molecule has 0 fully saturated rings. The van der Waals surface area contributed by atoms with Crippen LogP contribution in [0.4, 0.5) is 5.69 Å². The Morgan fingerprint density at radius 2 is 1.60 bits per heavy atom. The fraction of sp³-hybridized carbons (Fsp3) is 0.103. The van der Waals surface area contributed by atoms with Gasteiger partial charge in [-0.3, -0.25) is 14.7 Å². The molecule has 35 heavy (non-hydrogen) atoms. The van der Waals surface area contributed by atoms with E-state index in [1.54, 1.807) is 50.7 Å². The van der Waals surface area contributed by atoms with E-state index in [1.807, 2.05) is 66.7 Å². The smallest absolute Gasteiger partial charge is 0.259 e. The maximum absolute atomic E-state index is 14.1. The van der Waals surface area contributed by atoms with Gasteiger partial charge in [0.1, 0.15) is 5.75 Å². The zero-order chi connectivity index (χ0) is 24.6. The lowest BCUT2D eigenvalue weighted by Crippen LogP contribution is -2.31. The minimum atomic E-state index is -0.280. The van der Waals surface area contributed by atoms with E-state index in [1.165, 1.54) is 4.90 Å². The number of aromatic hydroxyl groups is 1. The van der Waals surface area contributed by atoms with Gasteiger partial charge in [0.25, 0.3) is 5.91 Å². The van der Waals surface area contributed by atoms with Crippen molar-refractivity contribution in [1.82, 2.24) is 4.98 Å². The molecule has 0 atom stereocenters. The molecule has 1 N–H and O–H groups in total. The molecule has 0 saturated carbocycles. The number of phenolic OH excluding ortho intramolecular Hbond substituents is 1. The van der Waals surface area contributed by atoms with Crippen molar-refractivity contribution in [3.05, 3.63) is 114 Å². The van der Waals surface area contributed by atoms with Gasteiger partial charge in [-0.25, -0.2) is 0 Å². The summed E-state index contributed by atoms with van der Waals surface area (Å²) in [4.78, 5) is 20.1. The van der Waals surface area contributed by atoms with Crippen LogP contribution < -0.4 is 14.4 Å². The van der Waals surface area contributed by atoms with E-state index in [4.69, 9.17) is 9.47 Å². The van der Waals surface area contributed by atoms with Gasteiger partial charge in [0, 0.05) is 11.8 Å². The van der Waals surface area contributed by atoms with Gasteiger partial charge in [-0.05, 0) is 53.6 Å². The summed E-state index contributed by atoms with van der Waals surface area (Å²) in [5.41, 5.74) is 3.07. The van der Waals surface area contributed by atoms with Crippen LogP contribution in [0.5, 0.6) is 17.2 Å². The van der Waals surface area contributed by atoms with Crippen LogP contribution in [0.15, 0.2) is 97.2 Å². The molecule has 0 unspecified atom stereocenters. The SMILES string of the molecule is COc1ccc(/C=C(/C(=O)N(Cc2ccccn2)c2ccccc2O)c2ccccc2)cc1OC. The molecule has 0 bridgehead atoms. The summed E-state index contributed by atoms with van der Waals surface area (Å²) in [5.74, 6) is 0.892. The average Bonchev–Trinajstić information content (AvgIpc) is 2.91. The number of ether oxygens (including phenoxy) is 2. The van der Waals surface area contributed by atoms with E-state index >= 15 is 0 Å². The van der Waals surface area contributed by atoms with Gasteiger partial charge in [-0.2, -0.15) is 0 Å². The van der Waals surface area contributed by atoms with Crippen molar-refractivity contribution >= 4 is 23.2 Å². The maximum Gasteiger partial charge on any atom is 0.259 e. The van der Waals surface area contributed by atoms with Crippen molar-refractivity contribution in [2.75, 3.05) is 19.1 Å². The number of benzene rings is 3. The topological polar surface area (TPSA) is 71.9 Å². The van der Waals surface area contributed by atoms with Crippen LogP contribution in [-0.4, -0.2) is 30.2 Å². The summed E-state index contributed by atoms with van der Waals surface area (Å²) >= 11 is 0. The largest absolute Gasteiger partial charge is 0.506 e. The Morgan fingerprint density at radius 1 is 0.886 bits per heavy atom. The van der Waals surface area contributed by atoms with Crippen LogP contribution in [-0.2, 0) is 11.3 Å². The first kappa shape index (κ1) is 23.6. The Bertz CT molecular complexity index is 1320. The first-order chi connectivity index (χ1) is 17.1. The standard InChI is InChI=1S/C29H26N2O4/c1-34-27-16-15-21(19-28(27)35-2)18-24(22-10-4-3-5-11-22)29(33)31(20-23-12-8-9-17-30-23)25-13-6-7-14-26(25)32/h3-19,32H,20H2,1-2H3/b24-18+.